The van der Waals surface area contributed by atoms with Gasteiger partial charge in [0.25, 0.3) is 0 Å². The molecule has 1 aliphatic heterocycles. The Bertz CT molecular complexity index is 612. The van der Waals surface area contributed by atoms with Gasteiger partial charge >= 0.3 is 0 Å². The van der Waals surface area contributed by atoms with Crippen LogP contribution in [0.3, 0.4) is 0 Å². The Morgan fingerprint density at radius 2 is 1.70 bits per heavy atom. The van der Waals surface area contributed by atoms with E-state index in [0.29, 0.717) is 11.4 Å². The van der Waals surface area contributed by atoms with Gasteiger partial charge < -0.3 is 5.11 Å². The predicted molar refractivity (Wildman–Crippen MR) is 78.7 cm³/mol. The highest BCUT2D eigenvalue weighted by molar-refractivity contribution is 6.30. The number of halogens is 1. The van der Waals surface area contributed by atoms with Crippen molar-refractivity contribution in [1.82, 2.24) is 0 Å². The van der Waals surface area contributed by atoms with Crippen LogP contribution in [-0.4, -0.2) is 17.2 Å². The lowest BCUT2D eigenvalue weighted by molar-refractivity contribution is -0.117. The highest BCUT2D eigenvalue weighted by Gasteiger charge is 2.40. The van der Waals surface area contributed by atoms with E-state index in [1.54, 1.807) is 12.1 Å². The molecule has 0 unspecified atom stereocenters. The van der Waals surface area contributed by atoms with Crippen molar-refractivity contribution < 1.29 is 9.90 Å². The molecule has 3 nitrogen and oxygen atoms in total. The summed E-state index contributed by atoms with van der Waals surface area (Å²) in [6, 6.07) is 16.5. The number of carbonyl (C=O) groups is 1. The van der Waals surface area contributed by atoms with Crippen LogP contribution in [0.25, 0.3) is 0 Å². The van der Waals surface area contributed by atoms with Crippen molar-refractivity contribution in [3.63, 3.8) is 0 Å². The molecule has 0 spiro atoms. The SMILES string of the molecule is O=C1C[C@H](c2ccc(Cl)cc2)[C@@H](O)N1c1ccccc1. The van der Waals surface area contributed by atoms with E-state index in [9.17, 15) is 9.90 Å². The van der Waals surface area contributed by atoms with Crippen molar-refractivity contribution in [1.29, 1.82) is 0 Å². The van der Waals surface area contributed by atoms with Gasteiger partial charge in [-0.1, -0.05) is 41.9 Å². The van der Waals surface area contributed by atoms with Crippen LogP contribution in [0.5, 0.6) is 0 Å². The maximum atomic E-state index is 12.2. The number of amides is 1. The van der Waals surface area contributed by atoms with Crippen LogP contribution in [0.2, 0.25) is 5.02 Å². The molecule has 4 heteroatoms. The van der Waals surface area contributed by atoms with Gasteiger partial charge in [0.1, 0.15) is 6.23 Å². The third kappa shape index (κ3) is 2.30. The molecule has 1 heterocycles. The van der Waals surface area contributed by atoms with Gasteiger partial charge in [-0.2, -0.15) is 0 Å². The summed E-state index contributed by atoms with van der Waals surface area (Å²) in [4.78, 5) is 13.6. The van der Waals surface area contributed by atoms with Crippen molar-refractivity contribution in [3.05, 3.63) is 65.2 Å². The molecule has 2 atom stereocenters. The van der Waals surface area contributed by atoms with Gasteiger partial charge in [-0.25, -0.2) is 0 Å². The van der Waals surface area contributed by atoms with Gasteiger partial charge in [-0.15, -0.1) is 0 Å². The lowest BCUT2D eigenvalue weighted by Crippen LogP contribution is -2.34. The topological polar surface area (TPSA) is 40.5 Å². The van der Waals surface area contributed by atoms with Crippen molar-refractivity contribution in [2.24, 2.45) is 0 Å². The Morgan fingerprint density at radius 3 is 2.35 bits per heavy atom. The lowest BCUT2D eigenvalue weighted by Gasteiger charge is -2.23. The van der Waals surface area contributed by atoms with E-state index in [-0.39, 0.29) is 11.8 Å². The molecule has 20 heavy (non-hydrogen) atoms. The number of aliphatic hydroxyl groups excluding tert-OH is 1. The number of rotatable bonds is 2. The number of carbonyl (C=O) groups excluding carboxylic acids is 1. The predicted octanol–water partition coefficient (Wildman–Crippen LogP) is 3.18. The summed E-state index contributed by atoms with van der Waals surface area (Å²) in [5.41, 5.74) is 1.65. The molecule has 0 saturated carbocycles. The molecule has 2 aromatic carbocycles. The number of nitrogens with zero attached hydrogens (tertiary/aromatic N) is 1. The summed E-state index contributed by atoms with van der Waals surface area (Å²) in [6.07, 6.45) is -0.538. The number of hydrogen-bond donors (Lipinski definition) is 1. The molecular weight excluding hydrogens is 274 g/mol. The molecule has 0 radical (unpaired) electrons. The molecular formula is C16H14ClNO2. The minimum absolute atomic E-state index is 0.0661. The summed E-state index contributed by atoms with van der Waals surface area (Å²) in [7, 11) is 0. The Labute approximate surface area is 122 Å². The molecule has 3 rings (SSSR count). The van der Waals surface area contributed by atoms with Gasteiger partial charge in [0.2, 0.25) is 5.91 Å². The van der Waals surface area contributed by atoms with E-state index in [1.165, 1.54) is 4.90 Å². The van der Waals surface area contributed by atoms with Gasteiger partial charge in [0.05, 0.1) is 0 Å². The zero-order valence-corrected chi connectivity index (χ0v) is 11.5. The molecule has 0 bridgehead atoms. The first-order valence-corrected chi connectivity index (χ1v) is 6.85. The molecule has 102 valence electrons. The molecule has 1 amide bonds. The van der Waals surface area contributed by atoms with Crippen molar-refractivity contribution in [2.45, 2.75) is 18.6 Å². The van der Waals surface area contributed by atoms with Crippen LogP contribution in [0.1, 0.15) is 17.9 Å². The minimum atomic E-state index is -0.842. The smallest absolute Gasteiger partial charge is 0.229 e. The standard InChI is InChI=1S/C16H14ClNO2/c17-12-8-6-11(7-9-12)14-10-15(19)18(16(14)20)13-4-2-1-3-5-13/h1-9,14,16,20H,10H2/t14-,16-/m1/s1. The van der Waals surface area contributed by atoms with Gasteiger partial charge in [-0.05, 0) is 29.8 Å². The van der Waals surface area contributed by atoms with Gasteiger partial charge in [0.15, 0.2) is 0 Å². The summed E-state index contributed by atoms with van der Waals surface area (Å²) in [5, 5.41) is 11.1. The maximum absolute atomic E-state index is 12.2. The third-order valence-electron chi connectivity index (χ3n) is 3.62. The van der Waals surface area contributed by atoms with E-state index in [2.05, 4.69) is 0 Å². The second kappa shape index (κ2) is 5.27. The Morgan fingerprint density at radius 1 is 1.05 bits per heavy atom. The number of para-hydroxylation sites is 1. The van der Waals surface area contributed by atoms with E-state index in [4.69, 9.17) is 11.6 Å². The summed E-state index contributed by atoms with van der Waals surface area (Å²) < 4.78 is 0. The fourth-order valence-electron chi connectivity index (χ4n) is 2.60. The second-order valence-electron chi connectivity index (χ2n) is 4.88. The Hall–Kier alpha value is -1.84. The maximum Gasteiger partial charge on any atom is 0.229 e. The molecule has 0 aliphatic carbocycles. The highest BCUT2D eigenvalue weighted by Crippen LogP contribution is 2.36. The van der Waals surface area contributed by atoms with E-state index >= 15 is 0 Å². The third-order valence-corrected chi connectivity index (χ3v) is 3.87. The normalized spacial score (nSPS) is 22.3. The average Bonchev–Trinajstić information content (AvgIpc) is 2.76. The van der Waals surface area contributed by atoms with Crippen LogP contribution >= 0.6 is 11.6 Å². The summed E-state index contributed by atoms with van der Waals surface area (Å²) >= 11 is 5.87. The quantitative estimate of drug-likeness (QED) is 0.921. The zero-order valence-electron chi connectivity index (χ0n) is 10.7. The Kier molecular flexibility index (Phi) is 3.47. The van der Waals surface area contributed by atoms with Crippen LogP contribution in [-0.2, 0) is 4.79 Å². The van der Waals surface area contributed by atoms with Crippen molar-refractivity contribution in [2.75, 3.05) is 4.90 Å². The Balaban J connectivity index is 1.90. The van der Waals surface area contributed by atoms with Crippen molar-refractivity contribution in [3.8, 4) is 0 Å². The van der Waals surface area contributed by atoms with Crippen molar-refractivity contribution >= 4 is 23.2 Å². The fourth-order valence-corrected chi connectivity index (χ4v) is 2.73. The molecule has 0 aromatic heterocycles. The summed E-state index contributed by atoms with van der Waals surface area (Å²) in [5.74, 6) is -0.288. The lowest BCUT2D eigenvalue weighted by atomic mass is 9.97. The first-order valence-electron chi connectivity index (χ1n) is 6.47. The largest absolute Gasteiger partial charge is 0.372 e. The van der Waals surface area contributed by atoms with Crippen LogP contribution in [0, 0.1) is 0 Å². The second-order valence-corrected chi connectivity index (χ2v) is 5.31. The summed E-state index contributed by atoms with van der Waals surface area (Å²) in [6.45, 7) is 0. The van der Waals surface area contributed by atoms with Crippen LogP contribution < -0.4 is 4.90 Å². The molecule has 1 saturated heterocycles. The highest BCUT2D eigenvalue weighted by atomic mass is 35.5. The van der Waals surface area contributed by atoms with E-state index in [1.807, 2.05) is 42.5 Å². The fraction of sp³-hybridized carbons (Fsp3) is 0.188. The number of benzene rings is 2. The molecule has 2 aromatic rings. The van der Waals surface area contributed by atoms with E-state index in [0.717, 1.165) is 11.3 Å². The van der Waals surface area contributed by atoms with Gasteiger partial charge in [-0.3, -0.25) is 9.69 Å². The number of aliphatic hydroxyl groups is 1. The first kappa shape index (κ1) is 13.2. The molecule has 1 fully saturated rings. The number of hydrogen-bond acceptors (Lipinski definition) is 2. The molecule has 1 N–H and O–H groups in total. The van der Waals surface area contributed by atoms with Crippen LogP contribution in [0.15, 0.2) is 54.6 Å². The zero-order chi connectivity index (χ0) is 14.1. The van der Waals surface area contributed by atoms with E-state index < -0.39 is 6.23 Å². The average molecular weight is 288 g/mol. The molecule has 1 aliphatic rings. The van der Waals surface area contributed by atoms with Gasteiger partial charge in [0, 0.05) is 23.0 Å². The minimum Gasteiger partial charge on any atom is -0.372 e. The first-order chi connectivity index (χ1) is 9.66. The number of anilines is 1. The van der Waals surface area contributed by atoms with Crippen LogP contribution in [0.4, 0.5) is 5.69 Å². The monoisotopic (exact) mass is 287 g/mol.